The quantitative estimate of drug-likeness (QED) is 0.318. The van der Waals surface area contributed by atoms with Crippen molar-refractivity contribution in [3.63, 3.8) is 0 Å². The Kier molecular flexibility index (Phi) is 6.77. The van der Waals surface area contributed by atoms with Crippen LogP contribution in [0.1, 0.15) is 11.1 Å². The predicted octanol–water partition coefficient (Wildman–Crippen LogP) is 1.55. The van der Waals surface area contributed by atoms with Crippen molar-refractivity contribution in [1.29, 1.82) is 0 Å². The highest BCUT2D eigenvalue weighted by Crippen LogP contribution is 2.00. The summed E-state index contributed by atoms with van der Waals surface area (Å²) < 4.78 is 0. The van der Waals surface area contributed by atoms with E-state index in [0.29, 0.717) is 0 Å². The molecule has 1 rings (SSSR count). The highest BCUT2D eigenvalue weighted by atomic mass is 17.2. The minimum absolute atomic E-state index is 0.00833. The summed E-state index contributed by atoms with van der Waals surface area (Å²) in [6, 6.07) is 8.45. The van der Waals surface area contributed by atoms with E-state index in [2.05, 4.69) is 47.9 Å². The van der Waals surface area contributed by atoms with Crippen molar-refractivity contribution in [1.82, 2.24) is 0 Å². The minimum atomic E-state index is 0.00833. The van der Waals surface area contributed by atoms with Crippen LogP contribution in [0.15, 0.2) is 24.3 Å². The Balaban J connectivity index is 0.000000255. The van der Waals surface area contributed by atoms with E-state index in [0.717, 1.165) is 0 Å². The monoisotopic (exact) mass is 196 g/mol. The maximum absolute atomic E-state index is 9.06. The highest BCUT2D eigenvalue weighted by molar-refractivity contribution is 5.40. The molecule has 4 heteroatoms. The Morgan fingerprint density at radius 3 is 1.64 bits per heavy atom. The smallest absolute Gasteiger partial charge is 0.251 e. The number of benzene rings is 1. The molecule has 76 valence electrons. The fourth-order valence-corrected chi connectivity index (χ4v) is 0.852. The normalized spacial score (nSPS) is 7.86. The Labute approximate surface area is 82.4 Å². The molecule has 0 aliphatic carbocycles. The molecule has 0 aromatic heterocycles. The van der Waals surface area contributed by atoms with Crippen LogP contribution in [0, 0.1) is 13.8 Å². The maximum atomic E-state index is 9.06. The van der Waals surface area contributed by atoms with E-state index in [9.17, 15) is 0 Å². The summed E-state index contributed by atoms with van der Waals surface area (Å²) in [4.78, 5) is 25.0. The first kappa shape index (κ1) is 12.2. The van der Waals surface area contributed by atoms with Crippen molar-refractivity contribution < 1.29 is 19.4 Å². The molecule has 0 atom stereocenters. The van der Waals surface area contributed by atoms with Crippen LogP contribution in [0.3, 0.4) is 0 Å². The summed E-state index contributed by atoms with van der Waals surface area (Å²) in [5.74, 6) is 0. The Bertz CT molecular complexity index is 258. The largest absolute Gasteiger partial charge is 0.344 e. The number of rotatable bonds is 3. The summed E-state index contributed by atoms with van der Waals surface area (Å²) >= 11 is 0. The van der Waals surface area contributed by atoms with Crippen molar-refractivity contribution in [2.75, 3.05) is 0 Å². The van der Waals surface area contributed by atoms with Crippen LogP contribution < -0.4 is 0 Å². The number of hydrogen-bond donors (Lipinski definition) is 0. The molecule has 0 fully saturated rings. The van der Waals surface area contributed by atoms with Crippen LogP contribution in [-0.4, -0.2) is 12.9 Å². The van der Waals surface area contributed by atoms with Gasteiger partial charge in [0.05, 0.1) is 0 Å². The van der Waals surface area contributed by atoms with Crippen LogP contribution in [-0.2, 0) is 19.4 Å². The van der Waals surface area contributed by atoms with Gasteiger partial charge in [0.25, 0.3) is 0 Å². The van der Waals surface area contributed by atoms with Gasteiger partial charge < -0.3 is 0 Å². The zero-order valence-corrected chi connectivity index (χ0v) is 8.10. The van der Waals surface area contributed by atoms with Crippen molar-refractivity contribution >= 4 is 12.9 Å². The first-order valence-corrected chi connectivity index (χ1v) is 3.93. The van der Waals surface area contributed by atoms with Gasteiger partial charge in [-0.1, -0.05) is 35.4 Å². The van der Waals surface area contributed by atoms with Crippen molar-refractivity contribution in [2.24, 2.45) is 0 Å². The number of hydrogen-bond acceptors (Lipinski definition) is 4. The van der Waals surface area contributed by atoms with Gasteiger partial charge in [0.2, 0.25) is 0 Å². The summed E-state index contributed by atoms with van der Waals surface area (Å²) in [6.07, 6.45) is 0. The summed E-state index contributed by atoms with van der Waals surface area (Å²) in [5, 5.41) is 0. The molecule has 0 spiro atoms. The Hall–Kier alpha value is -1.84. The van der Waals surface area contributed by atoms with Crippen molar-refractivity contribution in [2.45, 2.75) is 13.8 Å². The first-order valence-electron chi connectivity index (χ1n) is 3.93. The van der Waals surface area contributed by atoms with E-state index in [4.69, 9.17) is 9.59 Å². The van der Waals surface area contributed by atoms with E-state index in [1.54, 1.807) is 0 Å². The van der Waals surface area contributed by atoms with Crippen LogP contribution in [0.25, 0.3) is 0 Å². The van der Waals surface area contributed by atoms with Gasteiger partial charge in [-0.3, -0.25) is 19.4 Å². The molecule has 0 heterocycles. The van der Waals surface area contributed by atoms with E-state index in [1.807, 2.05) is 0 Å². The van der Waals surface area contributed by atoms with E-state index in [1.165, 1.54) is 11.1 Å². The number of aryl methyl sites for hydroxylation is 2. The molecule has 4 nitrogen and oxygen atoms in total. The summed E-state index contributed by atoms with van der Waals surface area (Å²) in [7, 11) is 0. The lowest BCUT2D eigenvalue weighted by molar-refractivity contribution is -0.235. The summed E-state index contributed by atoms with van der Waals surface area (Å²) in [5.41, 5.74) is 2.68. The first-order chi connectivity index (χ1) is 6.70. The lowest BCUT2D eigenvalue weighted by Gasteiger charge is -1.90. The van der Waals surface area contributed by atoms with Gasteiger partial charge in [-0.2, -0.15) is 0 Å². The standard InChI is InChI=1S/C8H10.C2H2O4/c1-7-4-3-5-8(2)6-7;3-1-5-6-2-4/h3-6H,1-2H3;1-2H. The number of carbonyl (C=O) groups is 2. The number of carbonyl (C=O) groups excluding carboxylic acids is 2. The van der Waals surface area contributed by atoms with Gasteiger partial charge in [0.1, 0.15) is 0 Å². The Morgan fingerprint density at radius 2 is 1.43 bits per heavy atom. The zero-order chi connectivity index (χ0) is 10.8. The Morgan fingerprint density at radius 1 is 1.00 bits per heavy atom. The molecular weight excluding hydrogens is 184 g/mol. The molecule has 14 heavy (non-hydrogen) atoms. The van der Waals surface area contributed by atoms with Crippen LogP contribution in [0.4, 0.5) is 0 Å². The third-order valence-electron chi connectivity index (χ3n) is 1.31. The lowest BCUT2D eigenvalue weighted by Crippen LogP contribution is -1.85. The fourth-order valence-electron chi connectivity index (χ4n) is 0.852. The van der Waals surface area contributed by atoms with Crippen LogP contribution >= 0.6 is 0 Å². The molecule has 0 aliphatic heterocycles. The van der Waals surface area contributed by atoms with Crippen molar-refractivity contribution in [3.05, 3.63) is 35.4 Å². The second-order valence-corrected chi connectivity index (χ2v) is 2.54. The molecule has 0 unspecified atom stereocenters. The molecule has 1 aromatic rings. The van der Waals surface area contributed by atoms with Crippen LogP contribution in [0.5, 0.6) is 0 Å². The van der Waals surface area contributed by atoms with Crippen LogP contribution in [0.2, 0.25) is 0 Å². The van der Waals surface area contributed by atoms with Gasteiger partial charge in [-0.15, -0.1) is 0 Å². The second-order valence-electron chi connectivity index (χ2n) is 2.54. The van der Waals surface area contributed by atoms with Gasteiger partial charge in [0.15, 0.2) is 0 Å². The second kappa shape index (κ2) is 7.79. The zero-order valence-electron chi connectivity index (χ0n) is 8.10. The van der Waals surface area contributed by atoms with Gasteiger partial charge in [0, 0.05) is 0 Å². The van der Waals surface area contributed by atoms with E-state index >= 15 is 0 Å². The molecule has 0 saturated heterocycles. The molecular formula is C10H12O4. The summed E-state index contributed by atoms with van der Waals surface area (Å²) in [6.45, 7) is 4.22. The molecule has 1 aromatic carbocycles. The fraction of sp³-hybridized carbons (Fsp3) is 0.200. The van der Waals surface area contributed by atoms with E-state index in [-0.39, 0.29) is 12.9 Å². The minimum Gasteiger partial charge on any atom is -0.251 e. The SMILES string of the molecule is Cc1cccc(C)c1.O=COOC=O. The average molecular weight is 196 g/mol. The molecule has 0 aliphatic rings. The van der Waals surface area contributed by atoms with E-state index < -0.39 is 0 Å². The molecule has 0 bridgehead atoms. The molecule has 0 radical (unpaired) electrons. The molecule has 0 amide bonds. The molecule has 0 saturated carbocycles. The molecule has 0 N–H and O–H groups in total. The topological polar surface area (TPSA) is 52.6 Å². The van der Waals surface area contributed by atoms with Gasteiger partial charge in [-0.25, -0.2) is 0 Å². The predicted molar refractivity (Wildman–Crippen MR) is 50.2 cm³/mol. The van der Waals surface area contributed by atoms with Crippen molar-refractivity contribution in [3.8, 4) is 0 Å². The van der Waals surface area contributed by atoms with Gasteiger partial charge >= 0.3 is 12.9 Å². The maximum Gasteiger partial charge on any atom is 0.344 e. The third kappa shape index (κ3) is 6.84. The third-order valence-corrected chi connectivity index (χ3v) is 1.31. The highest BCUT2D eigenvalue weighted by Gasteiger charge is 1.80. The lowest BCUT2D eigenvalue weighted by atomic mass is 10.2. The average Bonchev–Trinajstić information content (AvgIpc) is 2.15. The van der Waals surface area contributed by atoms with Gasteiger partial charge in [-0.05, 0) is 13.8 Å².